The van der Waals surface area contributed by atoms with Gasteiger partial charge in [0.25, 0.3) is 0 Å². The van der Waals surface area contributed by atoms with Gasteiger partial charge in [0.15, 0.2) is 0 Å². The summed E-state index contributed by atoms with van der Waals surface area (Å²) in [6.45, 7) is 8.58. The van der Waals surface area contributed by atoms with Crippen LogP contribution in [0.2, 0.25) is 0 Å². The van der Waals surface area contributed by atoms with E-state index >= 15 is 0 Å². The summed E-state index contributed by atoms with van der Waals surface area (Å²) in [6.07, 6.45) is 1.55. The quantitative estimate of drug-likeness (QED) is 0.860. The van der Waals surface area contributed by atoms with Gasteiger partial charge in [0.05, 0.1) is 12.2 Å². The lowest BCUT2D eigenvalue weighted by Crippen LogP contribution is -2.46. The van der Waals surface area contributed by atoms with E-state index in [0.717, 1.165) is 38.4 Å². The second-order valence-corrected chi connectivity index (χ2v) is 5.55. The molecule has 0 amide bonds. The van der Waals surface area contributed by atoms with Gasteiger partial charge in [-0.15, -0.1) is 0 Å². The molecule has 0 spiro atoms. The molecule has 2 atom stereocenters. The predicted octanol–water partition coefficient (Wildman–Crippen LogP) is 1.68. The van der Waals surface area contributed by atoms with E-state index in [2.05, 4.69) is 30.9 Å². The van der Waals surface area contributed by atoms with E-state index < -0.39 is 0 Å². The first-order valence-corrected chi connectivity index (χ1v) is 7.47. The Morgan fingerprint density at radius 1 is 1.20 bits per heavy atom. The molecule has 1 aliphatic rings. The highest BCUT2D eigenvalue weighted by Crippen LogP contribution is 2.13. The molecule has 2 N–H and O–H groups in total. The van der Waals surface area contributed by atoms with Crippen molar-refractivity contribution in [3.8, 4) is 5.75 Å². The van der Waals surface area contributed by atoms with Crippen LogP contribution in [0.25, 0.3) is 0 Å². The minimum atomic E-state index is 0.314. The molecule has 1 fully saturated rings. The molecular formula is C16H26N2O2. The Hall–Kier alpha value is -1.10. The van der Waals surface area contributed by atoms with Crippen molar-refractivity contribution in [1.82, 2.24) is 4.90 Å². The monoisotopic (exact) mass is 278 g/mol. The summed E-state index contributed by atoms with van der Waals surface area (Å²) in [4.78, 5) is 2.40. The summed E-state index contributed by atoms with van der Waals surface area (Å²) in [5, 5.41) is 0. The average Bonchev–Trinajstić information content (AvgIpc) is 2.40. The van der Waals surface area contributed by atoms with E-state index in [0.29, 0.717) is 18.8 Å². The van der Waals surface area contributed by atoms with Gasteiger partial charge in [-0.1, -0.05) is 12.1 Å². The van der Waals surface area contributed by atoms with Crippen molar-refractivity contribution in [2.45, 2.75) is 32.5 Å². The molecule has 1 aromatic rings. The Morgan fingerprint density at radius 3 is 2.45 bits per heavy atom. The van der Waals surface area contributed by atoms with Crippen LogP contribution in [0.15, 0.2) is 24.3 Å². The third kappa shape index (κ3) is 4.78. The fourth-order valence-electron chi connectivity index (χ4n) is 2.68. The molecule has 2 rings (SSSR count). The van der Waals surface area contributed by atoms with Crippen LogP contribution >= 0.6 is 0 Å². The second-order valence-electron chi connectivity index (χ2n) is 5.55. The van der Waals surface area contributed by atoms with Crippen LogP contribution in [0.4, 0.5) is 0 Å². The Morgan fingerprint density at radius 2 is 1.85 bits per heavy atom. The summed E-state index contributed by atoms with van der Waals surface area (Å²) in [5.41, 5.74) is 6.80. The fraction of sp³-hybridized carbons (Fsp3) is 0.625. The lowest BCUT2D eigenvalue weighted by molar-refractivity contribution is -0.0699. The molecule has 0 aliphatic carbocycles. The summed E-state index contributed by atoms with van der Waals surface area (Å²) >= 11 is 0. The third-order valence-electron chi connectivity index (χ3n) is 3.53. The topological polar surface area (TPSA) is 47.7 Å². The van der Waals surface area contributed by atoms with Gasteiger partial charge in [-0.2, -0.15) is 0 Å². The number of hydrogen-bond acceptors (Lipinski definition) is 4. The van der Waals surface area contributed by atoms with E-state index in [4.69, 9.17) is 15.2 Å². The van der Waals surface area contributed by atoms with Gasteiger partial charge in [0.2, 0.25) is 0 Å². The molecular weight excluding hydrogens is 252 g/mol. The second kappa shape index (κ2) is 7.62. The van der Waals surface area contributed by atoms with Crippen LogP contribution in [0.5, 0.6) is 5.75 Å². The summed E-state index contributed by atoms with van der Waals surface area (Å²) < 4.78 is 11.5. The van der Waals surface area contributed by atoms with Gasteiger partial charge in [0.1, 0.15) is 12.4 Å². The van der Waals surface area contributed by atoms with Gasteiger partial charge < -0.3 is 15.2 Å². The van der Waals surface area contributed by atoms with Crippen molar-refractivity contribution in [3.63, 3.8) is 0 Å². The maximum Gasteiger partial charge on any atom is 0.119 e. The molecule has 112 valence electrons. The predicted molar refractivity (Wildman–Crippen MR) is 81.1 cm³/mol. The normalized spacial score (nSPS) is 23.8. The minimum absolute atomic E-state index is 0.314. The van der Waals surface area contributed by atoms with Crippen LogP contribution in [-0.2, 0) is 11.2 Å². The first-order valence-electron chi connectivity index (χ1n) is 7.47. The molecule has 0 radical (unpaired) electrons. The Bertz CT molecular complexity index is 384. The van der Waals surface area contributed by atoms with E-state index in [-0.39, 0.29) is 0 Å². The van der Waals surface area contributed by atoms with E-state index in [9.17, 15) is 0 Å². The molecule has 0 aromatic heterocycles. The van der Waals surface area contributed by atoms with Gasteiger partial charge in [-0.3, -0.25) is 4.90 Å². The number of morpholine rings is 1. The van der Waals surface area contributed by atoms with E-state index in [1.165, 1.54) is 5.56 Å². The Balaban J connectivity index is 1.72. The highest BCUT2D eigenvalue weighted by molar-refractivity contribution is 5.27. The zero-order valence-corrected chi connectivity index (χ0v) is 12.5. The summed E-state index contributed by atoms with van der Waals surface area (Å²) in [5.74, 6) is 0.931. The Labute approximate surface area is 121 Å². The smallest absolute Gasteiger partial charge is 0.119 e. The number of hydrogen-bond donors (Lipinski definition) is 1. The number of nitrogens with two attached hydrogens (primary N) is 1. The molecule has 1 saturated heterocycles. The number of nitrogens with zero attached hydrogens (tertiary/aromatic N) is 1. The van der Waals surface area contributed by atoms with Gasteiger partial charge in [-0.25, -0.2) is 0 Å². The average molecular weight is 278 g/mol. The highest BCUT2D eigenvalue weighted by Gasteiger charge is 2.21. The van der Waals surface area contributed by atoms with E-state index in [1.54, 1.807) is 0 Å². The number of ether oxygens (including phenoxy) is 2. The largest absolute Gasteiger partial charge is 0.492 e. The number of benzene rings is 1. The highest BCUT2D eigenvalue weighted by atomic mass is 16.5. The zero-order valence-electron chi connectivity index (χ0n) is 12.5. The molecule has 1 heterocycles. The van der Waals surface area contributed by atoms with Crippen molar-refractivity contribution in [2.75, 3.05) is 32.8 Å². The van der Waals surface area contributed by atoms with Crippen molar-refractivity contribution in [3.05, 3.63) is 29.8 Å². The maximum atomic E-state index is 5.80. The Kier molecular flexibility index (Phi) is 5.83. The molecule has 1 aromatic carbocycles. The molecule has 0 saturated carbocycles. The SMILES string of the molecule is CC1CN(CCOc2ccc(CCN)cc2)CC(C)O1. The van der Waals surface area contributed by atoms with Crippen LogP contribution in [0.1, 0.15) is 19.4 Å². The van der Waals surface area contributed by atoms with Crippen LogP contribution < -0.4 is 10.5 Å². The van der Waals surface area contributed by atoms with E-state index in [1.807, 2.05) is 12.1 Å². The van der Waals surface area contributed by atoms with Gasteiger partial charge >= 0.3 is 0 Å². The summed E-state index contributed by atoms with van der Waals surface area (Å²) in [7, 11) is 0. The number of rotatable bonds is 6. The first kappa shape index (κ1) is 15.3. The first-order chi connectivity index (χ1) is 9.67. The van der Waals surface area contributed by atoms with Crippen molar-refractivity contribution < 1.29 is 9.47 Å². The molecule has 4 nitrogen and oxygen atoms in total. The van der Waals surface area contributed by atoms with Crippen LogP contribution in [0, 0.1) is 0 Å². The summed E-state index contributed by atoms with van der Waals surface area (Å²) in [6, 6.07) is 8.22. The lowest BCUT2D eigenvalue weighted by atomic mass is 10.1. The van der Waals surface area contributed by atoms with Gasteiger partial charge in [0, 0.05) is 19.6 Å². The maximum absolute atomic E-state index is 5.80. The molecule has 4 heteroatoms. The zero-order chi connectivity index (χ0) is 14.4. The molecule has 20 heavy (non-hydrogen) atoms. The standard InChI is InChI=1S/C16H26N2O2/c1-13-11-18(12-14(2)20-13)9-10-19-16-5-3-15(4-6-16)7-8-17/h3-6,13-14H,7-12,17H2,1-2H3. The molecule has 2 unspecified atom stereocenters. The lowest BCUT2D eigenvalue weighted by Gasteiger charge is -2.35. The van der Waals surface area contributed by atoms with Crippen molar-refractivity contribution in [2.24, 2.45) is 5.73 Å². The van der Waals surface area contributed by atoms with Crippen molar-refractivity contribution in [1.29, 1.82) is 0 Å². The fourth-order valence-corrected chi connectivity index (χ4v) is 2.68. The van der Waals surface area contributed by atoms with Gasteiger partial charge in [-0.05, 0) is 44.5 Å². The van der Waals surface area contributed by atoms with Crippen molar-refractivity contribution >= 4 is 0 Å². The molecule has 1 aliphatic heterocycles. The third-order valence-corrected chi connectivity index (χ3v) is 3.53. The molecule has 0 bridgehead atoms. The van der Waals surface area contributed by atoms with Crippen LogP contribution in [-0.4, -0.2) is 49.9 Å². The van der Waals surface area contributed by atoms with Crippen LogP contribution in [0.3, 0.4) is 0 Å². The minimum Gasteiger partial charge on any atom is -0.492 e.